The summed E-state index contributed by atoms with van der Waals surface area (Å²) in [6.45, 7) is 0. The number of carbonyl (C=O) groups is 1. The number of ether oxygens (including phenoxy) is 1. The number of alkyl halides is 3. The van der Waals surface area contributed by atoms with Crippen LogP contribution in [0.15, 0.2) is 29.4 Å². The minimum absolute atomic E-state index is 0.00789. The molecule has 0 aromatic heterocycles. The van der Waals surface area contributed by atoms with Gasteiger partial charge in [-0.2, -0.15) is 23.5 Å². The zero-order valence-electron chi connectivity index (χ0n) is 9.65. The Kier molecular flexibility index (Phi) is 4.47. The fourth-order valence-electron chi connectivity index (χ4n) is 1.10. The maximum atomic E-state index is 12.4. The van der Waals surface area contributed by atoms with Crippen LogP contribution in [0.1, 0.15) is 5.56 Å². The maximum absolute atomic E-state index is 12.4. The fraction of sp³-hybridized carbons (Fsp3) is 0.182. The number of carbonyl (C=O) groups excluding carboxylic acids is 1. The molecule has 8 heteroatoms. The molecule has 1 aromatic rings. The second kappa shape index (κ2) is 5.86. The summed E-state index contributed by atoms with van der Waals surface area (Å²) in [5.41, 5.74) is 0.712. The first kappa shape index (κ1) is 14.5. The number of anilines is 1. The number of hydrogen-bond acceptors (Lipinski definition) is 5. The van der Waals surface area contributed by atoms with Crippen molar-refractivity contribution in [2.45, 2.75) is 6.18 Å². The standard InChI is InChI=1S/C11H8F3N3O2/c1-19-10(18)9(6-15)17-16-8-4-2-3-7(5-8)11(12,13)14/h2-5,16H,1H3. The number of hydrogen-bond donors (Lipinski definition) is 1. The lowest BCUT2D eigenvalue weighted by Gasteiger charge is -2.08. The molecule has 0 bridgehead atoms. The number of esters is 1. The summed E-state index contributed by atoms with van der Waals surface area (Å²) in [4.78, 5) is 11.0. The van der Waals surface area contributed by atoms with E-state index in [9.17, 15) is 18.0 Å². The van der Waals surface area contributed by atoms with Crippen LogP contribution in [0.4, 0.5) is 18.9 Å². The van der Waals surface area contributed by atoms with E-state index in [1.54, 1.807) is 0 Å². The Labute approximate surface area is 106 Å². The average molecular weight is 271 g/mol. The Morgan fingerprint density at radius 3 is 2.68 bits per heavy atom. The van der Waals surface area contributed by atoms with Crippen LogP contribution >= 0.6 is 0 Å². The molecule has 0 fully saturated rings. The third-order valence-electron chi connectivity index (χ3n) is 1.97. The van der Waals surface area contributed by atoms with Crippen molar-refractivity contribution in [1.82, 2.24) is 0 Å². The van der Waals surface area contributed by atoms with E-state index in [0.29, 0.717) is 0 Å². The summed E-state index contributed by atoms with van der Waals surface area (Å²) in [5.74, 6) is -0.984. The lowest BCUT2D eigenvalue weighted by Crippen LogP contribution is -2.15. The van der Waals surface area contributed by atoms with Gasteiger partial charge in [-0.15, -0.1) is 0 Å². The second-order valence-electron chi connectivity index (χ2n) is 3.25. The van der Waals surface area contributed by atoms with Crippen molar-refractivity contribution < 1.29 is 22.7 Å². The average Bonchev–Trinajstić information content (AvgIpc) is 2.38. The summed E-state index contributed by atoms with van der Waals surface area (Å²) >= 11 is 0. The van der Waals surface area contributed by atoms with Crippen molar-refractivity contribution in [2.75, 3.05) is 12.5 Å². The Balaban J connectivity index is 2.93. The van der Waals surface area contributed by atoms with Crippen LogP contribution in [-0.2, 0) is 15.7 Å². The third-order valence-corrected chi connectivity index (χ3v) is 1.97. The van der Waals surface area contributed by atoms with Crippen LogP contribution in [0.3, 0.4) is 0 Å². The smallest absolute Gasteiger partial charge is 0.416 e. The Hall–Kier alpha value is -2.56. The first-order chi connectivity index (χ1) is 8.88. The van der Waals surface area contributed by atoms with Gasteiger partial charge >= 0.3 is 12.1 Å². The maximum Gasteiger partial charge on any atom is 0.416 e. The van der Waals surface area contributed by atoms with Gasteiger partial charge in [0.15, 0.2) is 0 Å². The summed E-state index contributed by atoms with van der Waals surface area (Å²) in [5, 5.41) is 12.0. The van der Waals surface area contributed by atoms with Gasteiger partial charge in [0, 0.05) is 0 Å². The van der Waals surface area contributed by atoms with Crippen molar-refractivity contribution in [3.05, 3.63) is 29.8 Å². The van der Waals surface area contributed by atoms with E-state index in [2.05, 4.69) is 15.3 Å². The number of hydrazone groups is 1. The number of methoxy groups -OCH3 is 1. The molecule has 0 spiro atoms. The highest BCUT2D eigenvalue weighted by Gasteiger charge is 2.30. The highest BCUT2D eigenvalue weighted by Crippen LogP contribution is 2.30. The predicted molar refractivity (Wildman–Crippen MR) is 60.1 cm³/mol. The Bertz CT molecular complexity index is 547. The topological polar surface area (TPSA) is 74.5 Å². The van der Waals surface area contributed by atoms with E-state index >= 15 is 0 Å². The number of nitriles is 1. The first-order valence-corrected chi connectivity index (χ1v) is 4.88. The molecule has 0 aliphatic heterocycles. The molecule has 0 saturated carbocycles. The molecule has 100 valence electrons. The van der Waals surface area contributed by atoms with Crippen molar-refractivity contribution >= 4 is 17.4 Å². The van der Waals surface area contributed by atoms with E-state index in [1.807, 2.05) is 0 Å². The molecule has 0 radical (unpaired) electrons. The third kappa shape index (κ3) is 3.99. The number of nitrogens with one attached hydrogen (secondary N) is 1. The zero-order chi connectivity index (χ0) is 14.5. The van der Waals surface area contributed by atoms with Crippen molar-refractivity contribution in [2.24, 2.45) is 5.10 Å². The largest absolute Gasteiger partial charge is 0.464 e. The van der Waals surface area contributed by atoms with Gasteiger partial charge in [-0.3, -0.25) is 5.43 Å². The van der Waals surface area contributed by atoms with Gasteiger partial charge in [0.2, 0.25) is 5.71 Å². The monoisotopic (exact) mass is 271 g/mol. The lowest BCUT2D eigenvalue weighted by molar-refractivity contribution is -0.137. The molecule has 0 aliphatic rings. The fourth-order valence-corrected chi connectivity index (χ4v) is 1.10. The van der Waals surface area contributed by atoms with Gasteiger partial charge in [-0.1, -0.05) is 6.07 Å². The van der Waals surface area contributed by atoms with Gasteiger partial charge in [0.1, 0.15) is 6.07 Å². The first-order valence-electron chi connectivity index (χ1n) is 4.88. The molecule has 1 N–H and O–H groups in total. The zero-order valence-corrected chi connectivity index (χ0v) is 9.65. The SMILES string of the molecule is COC(=O)C(C#N)=NNc1cccc(C(F)(F)F)c1. The molecule has 0 unspecified atom stereocenters. The molecule has 0 heterocycles. The van der Waals surface area contributed by atoms with E-state index in [1.165, 1.54) is 18.2 Å². The molecule has 19 heavy (non-hydrogen) atoms. The summed E-state index contributed by atoms with van der Waals surface area (Å²) < 4.78 is 41.5. The van der Waals surface area contributed by atoms with Crippen LogP contribution in [-0.4, -0.2) is 18.8 Å². The minimum Gasteiger partial charge on any atom is -0.464 e. The lowest BCUT2D eigenvalue weighted by atomic mass is 10.2. The molecule has 0 aliphatic carbocycles. The summed E-state index contributed by atoms with van der Waals surface area (Å²) in [6, 6.07) is 5.63. The minimum atomic E-state index is -4.48. The molecule has 5 nitrogen and oxygen atoms in total. The van der Waals surface area contributed by atoms with Gasteiger partial charge in [-0.25, -0.2) is 4.79 Å². The van der Waals surface area contributed by atoms with E-state index < -0.39 is 23.4 Å². The molecule has 0 saturated heterocycles. The predicted octanol–water partition coefficient (Wildman–Crippen LogP) is 2.17. The van der Waals surface area contributed by atoms with Crippen LogP contribution in [0.2, 0.25) is 0 Å². The van der Waals surface area contributed by atoms with Crippen LogP contribution in [0, 0.1) is 11.3 Å². The number of halogens is 3. The number of benzene rings is 1. The van der Waals surface area contributed by atoms with Crippen LogP contribution in [0.25, 0.3) is 0 Å². The van der Waals surface area contributed by atoms with E-state index in [0.717, 1.165) is 19.2 Å². The van der Waals surface area contributed by atoms with Crippen LogP contribution in [0.5, 0.6) is 0 Å². The second-order valence-corrected chi connectivity index (χ2v) is 3.25. The van der Waals surface area contributed by atoms with Crippen molar-refractivity contribution in [3.63, 3.8) is 0 Å². The van der Waals surface area contributed by atoms with Gasteiger partial charge in [0.05, 0.1) is 18.4 Å². The molecule has 1 rings (SSSR count). The van der Waals surface area contributed by atoms with Crippen molar-refractivity contribution in [1.29, 1.82) is 5.26 Å². The highest BCUT2D eigenvalue weighted by atomic mass is 19.4. The summed E-state index contributed by atoms with van der Waals surface area (Å²) in [6.07, 6.45) is -4.48. The van der Waals surface area contributed by atoms with Crippen molar-refractivity contribution in [3.8, 4) is 6.07 Å². The van der Waals surface area contributed by atoms with E-state index in [-0.39, 0.29) is 5.69 Å². The van der Waals surface area contributed by atoms with E-state index in [4.69, 9.17) is 5.26 Å². The molecular weight excluding hydrogens is 263 g/mol. The highest BCUT2D eigenvalue weighted by molar-refractivity contribution is 6.43. The van der Waals surface area contributed by atoms with Gasteiger partial charge < -0.3 is 4.74 Å². The molecular formula is C11H8F3N3O2. The Morgan fingerprint density at radius 1 is 1.47 bits per heavy atom. The Morgan fingerprint density at radius 2 is 2.16 bits per heavy atom. The summed E-state index contributed by atoms with van der Waals surface area (Å²) in [7, 11) is 1.06. The quantitative estimate of drug-likeness (QED) is 0.519. The molecule has 0 amide bonds. The number of nitrogens with zero attached hydrogens (tertiary/aromatic N) is 2. The van der Waals surface area contributed by atoms with Crippen LogP contribution < -0.4 is 5.43 Å². The molecule has 0 atom stereocenters. The van der Waals surface area contributed by atoms with Gasteiger partial charge in [0.25, 0.3) is 0 Å². The molecule has 1 aromatic carbocycles. The normalized spacial score (nSPS) is 11.6. The number of rotatable bonds is 3. The van der Waals surface area contributed by atoms with Gasteiger partial charge in [-0.05, 0) is 18.2 Å².